The monoisotopic (exact) mass is 321 g/mol. The zero-order valence-electron chi connectivity index (χ0n) is 9.69. The summed E-state index contributed by atoms with van der Waals surface area (Å²) in [6.07, 6.45) is 0.704. The molecule has 0 spiro atoms. The van der Waals surface area contributed by atoms with Gasteiger partial charge in [0.1, 0.15) is 5.82 Å². The summed E-state index contributed by atoms with van der Waals surface area (Å²) in [5, 5.41) is 2.81. The van der Waals surface area contributed by atoms with E-state index < -0.39 is 11.4 Å². The molecule has 0 aliphatic heterocycles. The van der Waals surface area contributed by atoms with Crippen LogP contribution in [0.15, 0.2) is 22.7 Å². The molecule has 2 nitrogen and oxygen atoms in total. The van der Waals surface area contributed by atoms with E-state index in [0.717, 1.165) is 0 Å². The Morgan fingerprint density at radius 3 is 2.76 bits per heavy atom. The molecule has 1 rings (SSSR count). The highest BCUT2D eigenvalue weighted by molar-refractivity contribution is 9.10. The van der Waals surface area contributed by atoms with Crippen molar-refractivity contribution in [3.05, 3.63) is 34.1 Å². The maximum atomic E-state index is 13.1. The minimum Gasteiger partial charge on any atom is -0.346 e. The van der Waals surface area contributed by atoms with E-state index in [1.807, 2.05) is 13.8 Å². The quantitative estimate of drug-likeness (QED) is 0.841. The lowest BCUT2D eigenvalue weighted by atomic mass is 10.0. The zero-order chi connectivity index (χ0) is 13.1. The number of hydrogen-bond acceptors (Lipinski definition) is 1. The van der Waals surface area contributed by atoms with Crippen LogP contribution in [0.4, 0.5) is 4.39 Å². The predicted molar refractivity (Wildman–Crippen MR) is 71.0 cm³/mol. The lowest BCUT2D eigenvalue weighted by Gasteiger charge is -2.27. The number of benzene rings is 1. The summed E-state index contributed by atoms with van der Waals surface area (Å²) >= 11 is 9.03. The molecule has 0 aliphatic rings. The zero-order valence-corrected chi connectivity index (χ0v) is 12.0. The van der Waals surface area contributed by atoms with Crippen molar-refractivity contribution in [3.63, 3.8) is 0 Å². The Kier molecular flexibility index (Phi) is 4.95. The van der Waals surface area contributed by atoms with Crippen molar-refractivity contribution in [2.75, 3.05) is 5.88 Å². The van der Waals surface area contributed by atoms with Crippen molar-refractivity contribution in [2.45, 2.75) is 25.8 Å². The third-order valence-electron chi connectivity index (χ3n) is 2.66. The van der Waals surface area contributed by atoms with Crippen LogP contribution in [0.25, 0.3) is 0 Å². The SMILES string of the molecule is CCC(C)(CCl)NC(=O)c1cc(F)ccc1Br. The van der Waals surface area contributed by atoms with Gasteiger partial charge in [-0.15, -0.1) is 11.6 Å². The summed E-state index contributed by atoms with van der Waals surface area (Å²) in [7, 11) is 0. The molecule has 0 aliphatic carbocycles. The highest BCUT2D eigenvalue weighted by Crippen LogP contribution is 2.20. The number of nitrogens with one attached hydrogen (secondary N) is 1. The summed E-state index contributed by atoms with van der Waals surface area (Å²) < 4.78 is 13.6. The molecule has 5 heteroatoms. The second kappa shape index (κ2) is 5.83. The first-order valence-corrected chi connectivity index (χ1v) is 6.58. The predicted octanol–water partition coefficient (Wildman–Crippen LogP) is 3.73. The van der Waals surface area contributed by atoms with Gasteiger partial charge in [0.25, 0.3) is 5.91 Å². The van der Waals surface area contributed by atoms with Crippen LogP contribution in [0.1, 0.15) is 30.6 Å². The fourth-order valence-electron chi connectivity index (χ4n) is 1.23. The minimum atomic E-state index is -0.482. The second-order valence-electron chi connectivity index (χ2n) is 4.13. The van der Waals surface area contributed by atoms with Gasteiger partial charge in [-0.05, 0) is 47.5 Å². The molecule has 1 N–H and O–H groups in total. The Hall–Kier alpha value is -0.610. The van der Waals surface area contributed by atoms with Gasteiger partial charge in [0.05, 0.1) is 11.1 Å². The molecular weight excluding hydrogens is 308 g/mol. The average molecular weight is 323 g/mol. The molecule has 0 saturated heterocycles. The van der Waals surface area contributed by atoms with Crippen LogP contribution in [0, 0.1) is 5.82 Å². The van der Waals surface area contributed by atoms with E-state index in [1.165, 1.54) is 18.2 Å². The van der Waals surface area contributed by atoms with Crippen LogP contribution < -0.4 is 5.32 Å². The lowest BCUT2D eigenvalue weighted by molar-refractivity contribution is 0.0911. The summed E-state index contributed by atoms with van der Waals surface area (Å²) in [6.45, 7) is 3.79. The first-order valence-electron chi connectivity index (χ1n) is 5.25. The average Bonchev–Trinajstić information content (AvgIpc) is 2.32. The number of rotatable bonds is 4. The molecule has 0 bridgehead atoms. The maximum absolute atomic E-state index is 13.1. The van der Waals surface area contributed by atoms with E-state index in [1.54, 1.807) is 0 Å². The number of hydrogen-bond donors (Lipinski definition) is 1. The van der Waals surface area contributed by atoms with Gasteiger partial charge >= 0.3 is 0 Å². The molecule has 1 aromatic rings. The number of carbonyl (C=O) groups is 1. The smallest absolute Gasteiger partial charge is 0.252 e. The third-order valence-corrected chi connectivity index (χ3v) is 3.94. The van der Waals surface area contributed by atoms with Crippen molar-refractivity contribution in [3.8, 4) is 0 Å². The highest BCUT2D eigenvalue weighted by Gasteiger charge is 2.24. The molecule has 1 amide bonds. The van der Waals surface area contributed by atoms with E-state index >= 15 is 0 Å². The minimum absolute atomic E-state index is 0.273. The molecule has 1 atom stereocenters. The van der Waals surface area contributed by atoms with Crippen molar-refractivity contribution in [1.82, 2.24) is 5.32 Å². The van der Waals surface area contributed by atoms with E-state index in [4.69, 9.17) is 11.6 Å². The Morgan fingerprint density at radius 1 is 1.59 bits per heavy atom. The molecular formula is C12H14BrClFNO. The fourth-order valence-corrected chi connectivity index (χ4v) is 1.91. The summed E-state index contributed by atoms with van der Waals surface area (Å²) in [4.78, 5) is 12.0. The van der Waals surface area contributed by atoms with Gasteiger partial charge < -0.3 is 5.32 Å². The topological polar surface area (TPSA) is 29.1 Å². The van der Waals surface area contributed by atoms with Gasteiger partial charge in [0.15, 0.2) is 0 Å². The van der Waals surface area contributed by atoms with Crippen LogP contribution in [-0.2, 0) is 0 Å². The molecule has 0 saturated carbocycles. The Bertz CT molecular complexity index is 421. The first kappa shape index (κ1) is 14.5. The summed E-state index contributed by atoms with van der Waals surface area (Å²) in [6, 6.07) is 4.00. The molecule has 1 unspecified atom stereocenters. The Labute approximate surface area is 114 Å². The van der Waals surface area contributed by atoms with Gasteiger partial charge in [-0.1, -0.05) is 6.92 Å². The van der Waals surface area contributed by atoms with Gasteiger partial charge in [-0.2, -0.15) is 0 Å². The molecule has 0 aromatic heterocycles. The maximum Gasteiger partial charge on any atom is 0.252 e. The van der Waals surface area contributed by atoms with Crippen LogP contribution >= 0.6 is 27.5 Å². The molecule has 0 heterocycles. The van der Waals surface area contributed by atoms with Crippen LogP contribution in [0.5, 0.6) is 0 Å². The van der Waals surface area contributed by atoms with Crippen molar-refractivity contribution in [2.24, 2.45) is 0 Å². The summed E-state index contributed by atoms with van der Waals surface area (Å²) in [5.41, 5.74) is -0.209. The number of alkyl halides is 1. The third kappa shape index (κ3) is 3.68. The van der Waals surface area contributed by atoms with E-state index in [-0.39, 0.29) is 11.5 Å². The fraction of sp³-hybridized carbons (Fsp3) is 0.417. The summed E-state index contributed by atoms with van der Waals surface area (Å²) in [5.74, 6) is -0.467. The highest BCUT2D eigenvalue weighted by atomic mass is 79.9. The number of halogens is 3. The first-order chi connectivity index (χ1) is 7.91. The number of amides is 1. The van der Waals surface area contributed by atoms with E-state index in [0.29, 0.717) is 16.8 Å². The van der Waals surface area contributed by atoms with Crippen molar-refractivity contribution < 1.29 is 9.18 Å². The van der Waals surface area contributed by atoms with Gasteiger partial charge in [-0.25, -0.2) is 4.39 Å². The Morgan fingerprint density at radius 2 is 2.24 bits per heavy atom. The molecule has 0 fully saturated rings. The van der Waals surface area contributed by atoms with Crippen molar-refractivity contribution in [1.29, 1.82) is 0 Å². The second-order valence-corrected chi connectivity index (χ2v) is 5.25. The molecule has 94 valence electrons. The van der Waals surface area contributed by atoms with Crippen LogP contribution in [0.3, 0.4) is 0 Å². The van der Waals surface area contributed by atoms with E-state index in [9.17, 15) is 9.18 Å². The normalized spacial score (nSPS) is 14.2. The van der Waals surface area contributed by atoms with Crippen LogP contribution in [-0.4, -0.2) is 17.3 Å². The molecule has 17 heavy (non-hydrogen) atoms. The molecule has 1 aromatic carbocycles. The Balaban J connectivity index is 2.94. The largest absolute Gasteiger partial charge is 0.346 e. The lowest BCUT2D eigenvalue weighted by Crippen LogP contribution is -2.47. The van der Waals surface area contributed by atoms with E-state index in [2.05, 4.69) is 21.2 Å². The van der Waals surface area contributed by atoms with Crippen LogP contribution in [0.2, 0.25) is 0 Å². The van der Waals surface area contributed by atoms with Gasteiger partial charge in [0.2, 0.25) is 0 Å². The van der Waals surface area contributed by atoms with Crippen molar-refractivity contribution >= 4 is 33.4 Å². The standard InChI is InChI=1S/C12H14BrClFNO/c1-3-12(2,7-14)16-11(17)9-6-8(15)4-5-10(9)13/h4-6H,3,7H2,1-2H3,(H,16,17). The number of carbonyl (C=O) groups excluding carboxylic acids is 1. The molecule has 0 radical (unpaired) electrons. The van der Waals surface area contributed by atoms with Gasteiger partial charge in [0, 0.05) is 10.4 Å². The van der Waals surface area contributed by atoms with Gasteiger partial charge in [-0.3, -0.25) is 4.79 Å².